The predicted molar refractivity (Wildman–Crippen MR) is 102 cm³/mol. The molecule has 2 N–H and O–H groups in total. The summed E-state index contributed by atoms with van der Waals surface area (Å²) in [5.74, 6) is -0.568. The van der Waals surface area contributed by atoms with E-state index < -0.39 is 5.91 Å². The van der Waals surface area contributed by atoms with Crippen molar-refractivity contribution in [2.75, 3.05) is 11.9 Å². The van der Waals surface area contributed by atoms with Gasteiger partial charge in [-0.15, -0.1) is 0 Å². The molecule has 0 aliphatic heterocycles. The van der Waals surface area contributed by atoms with E-state index in [2.05, 4.69) is 10.6 Å². The van der Waals surface area contributed by atoms with E-state index in [0.29, 0.717) is 33.7 Å². The quantitative estimate of drug-likeness (QED) is 0.419. The van der Waals surface area contributed by atoms with Crippen molar-refractivity contribution in [3.63, 3.8) is 0 Å². The molecule has 2 aromatic carbocycles. The average molecular weight is 395 g/mol. The highest BCUT2D eigenvalue weighted by Gasteiger charge is 2.11. The molecule has 0 saturated heterocycles. The number of rotatable bonds is 6. The smallest absolute Gasteiger partial charge is 0.267 e. The summed E-state index contributed by atoms with van der Waals surface area (Å²) in [7, 11) is 0. The van der Waals surface area contributed by atoms with Crippen molar-refractivity contribution >= 4 is 46.4 Å². The van der Waals surface area contributed by atoms with Gasteiger partial charge in [-0.05, 0) is 42.3 Å². The highest BCUT2D eigenvalue weighted by Crippen LogP contribution is 2.25. The van der Waals surface area contributed by atoms with Gasteiger partial charge in [0.05, 0.1) is 10.7 Å². The lowest BCUT2D eigenvalue weighted by molar-refractivity contribution is -0.112. The summed E-state index contributed by atoms with van der Waals surface area (Å²) in [5, 5.41) is 16.1. The fourth-order valence-corrected chi connectivity index (χ4v) is 2.56. The molecule has 1 amide bonds. The zero-order valence-electron chi connectivity index (χ0n) is 13.0. The molecule has 2 rings (SSSR count). The van der Waals surface area contributed by atoms with Gasteiger partial charge in [0.25, 0.3) is 5.91 Å². The van der Waals surface area contributed by atoms with E-state index in [1.54, 1.807) is 18.2 Å². The fraction of sp³-hybridized carbons (Fsp3) is 0.111. The molecule has 0 heterocycles. The van der Waals surface area contributed by atoms with Crippen LogP contribution in [0.25, 0.3) is 0 Å². The molecule has 4 nitrogen and oxygen atoms in total. The topological polar surface area (TPSA) is 64.9 Å². The summed E-state index contributed by atoms with van der Waals surface area (Å²) >= 11 is 17.8. The van der Waals surface area contributed by atoms with Gasteiger partial charge < -0.3 is 10.6 Å². The Morgan fingerprint density at radius 1 is 1.12 bits per heavy atom. The van der Waals surface area contributed by atoms with E-state index in [0.717, 1.165) is 5.56 Å². The van der Waals surface area contributed by atoms with Gasteiger partial charge in [-0.2, -0.15) is 5.26 Å². The van der Waals surface area contributed by atoms with Crippen LogP contribution in [-0.4, -0.2) is 12.5 Å². The van der Waals surface area contributed by atoms with Gasteiger partial charge >= 0.3 is 0 Å². The molecule has 0 saturated carbocycles. The summed E-state index contributed by atoms with van der Waals surface area (Å²) in [6, 6.07) is 14.0. The van der Waals surface area contributed by atoms with Crippen LogP contribution in [0.5, 0.6) is 0 Å². The van der Waals surface area contributed by atoms with Gasteiger partial charge in [0, 0.05) is 22.8 Å². The number of nitrogens with one attached hydrogen (secondary N) is 2. The Morgan fingerprint density at radius 2 is 1.88 bits per heavy atom. The van der Waals surface area contributed by atoms with Crippen molar-refractivity contribution in [3.8, 4) is 6.07 Å². The van der Waals surface area contributed by atoms with E-state index >= 15 is 0 Å². The van der Waals surface area contributed by atoms with Gasteiger partial charge in [0.1, 0.15) is 11.6 Å². The number of hydrogen-bond acceptors (Lipinski definition) is 3. The lowest BCUT2D eigenvalue weighted by Gasteiger charge is -2.07. The average Bonchev–Trinajstić information content (AvgIpc) is 2.58. The number of carbonyl (C=O) groups is 1. The number of carbonyl (C=O) groups excluding carboxylic acids is 1. The maximum absolute atomic E-state index is 12.2. The third kappa shape index (κ3) is 5.99. The first-order valence-corrected chi connectivity index (χ1v) is 8.47. The summed E-state index contributed by atoms with van der Waals surface area (Å²) in [5.41, 5.74) is 1.34. The molecule has 0 bridgehead atoms. The number of amides is 1. The fourth-order valence-electron chi connectivity index (χ4n) is 2.01. The number of benzene rings is 2. The van der Waals surface area contributed by atoms with E-state index in [1.807, 2.05) is 24.3 Å². The van der Waals surface area contributed by atoms with Gasteiger partial charge in [0.2, 0.25) is 0 Å². The van der Waals surface area contributed by atoms with Crippen molar-refractivity contribution in [1.82, 2.24) is 5.32 Å². The first kappa shape index (κ1) is 19.1. The first-order valence-electron chi connectivity index (χ1n) is 7.34. The van der Waals surface area contributed by atoms with Gasteiger partial charge in [-0.25, -0.2) is 0 Å². The third-order valence-electron chi connectivity index (χ3n) is 3.24. The second-order valence-electron chi connectivity index (χ2n) is 5.08. The van der Waals surface area contributed by atoms with E-state index in [4.69, 9.17) is 40.1 Å². The molecule has 0 spiro atoms. The van der Waals surface area contributed by atoms with Crippen molar-refractivity contribution in [1.29, 1.82) is 5.26 Å². The minimum absolute atomic E-state index is 0.0675. The Labute approximate surface area is 161 Å². The second-order valence-corrected chi connectivity index (χ2v) is 6.36. The predicted octanol–water partition coefficient (Wildman–Crippen LogP) is 4.83. The van der Waals surface area contributed by atoms with Crippen LogP contribution in [0.15, 0.2) is 54.2 Å². The lowest BCUT2D eigenvalue weighted by atomic mass is 10.1. The van der Waals surface area contributed by atoms with E-state index in [1.165, 1.54) is 12.3 Å². The Kier molecular flexibility index (Phi) is 7.15. The molecule has 0 aliphatic carbocycles. The SMILES string of the molecule is N#C/C(=C/NCCc1cccc(Cl)c1)C(=O)Nc1cc(Cl)ccc1Cl. The maximum Gasteiger partial charge on any atom is 0.267 e. The van der Waals surface area contributed by atoms with Crippen LogP contribution in [0, 0.1) is 11.3 Å². The highest BCUT2D eigenvalue weighted by atomic mass is 35.5. The van der Waals surface area contributed by atoms with E-state index in [9.17, 15) is 4.79 Å². The normalized spacial score (nSPS) is 10.9. The molecule has 0 unspecified atom stereocenters. The van der Waals surface area contributed by atoms with Crippen LogP contribution >= 0.6 is 34.8 Å². The molecule has 2 aromatic rings. The van der Waals surface area contributed by atoms with Gasteiger partial charge in [0.15, 0.2) is 0 Å². The van der Waals surface area contributed by atoms with Crippen LogP contribution < -0.4 is 10.6 Å². The van der Waals surface area contributed by atoms with Crippen LogP contribution in [-0.2, 0) is 11.2 Å². The number of nitriles is 1. The van der Waals surface area contributed by atoms with E-state index in [-0.39, 0.29) is 5.57 Å². The minimum Gasteiger partial charge on any atom is -0.389 e. The first-order chi connectivity index (χ1) is 12.0. The maximum atomic E-state index is 12.2. The monoisotopic (exact) mass is 393 g/mol. The van der Waals surface area contributed by atoms with Crippen molar-refractivity contribution in [2.24, 2.45) is 0 Å². The number of anilines is 1. The van der Waals surface area contributed by atoms with Crippen molar-refractivity contribution in [3.05, 3.63) is 74.9 Å². The standard InChI is InChI=1S/C18H14Cl3N3O/c19-14-3-1-2-12(8-14)6-7-23-11-13(10-22)18(25)24-17-9-15(20)4-5-16(17)21/h1-5,8-9,11,23H,6-7H2,(H,24,25)/b13-11-. The Morgan fingerprint density at radius 3 is 2.60 bits per heavy atom. The molecule has 128 valence electrons. The van der Waals surface area contributed by atoms with Gasteiger partial charge in [-0.1, -0.05) is 46.9 Å². The summed E-state index contributed by atoms with van der Waals surface area (Å²) in [4.78, 5) is 12.2. The zero-order chi connectivity index (χ0) is 18.2. The molecule has 0 aromatic heterocycles. The summed E-state index contributed by atoms with van der Waals surface area (Å²) < 4.78 is 0. The molecular formula is C18H14Cl3N3O. The Bertz CT molecular complexity index is 844. The van der Waals surface area contributed by atoms with Crippen LogP contribution in [0.2, 0.25) is 15.1 Å². The highest BCUT2D eigenvalue weighted by molar-refractivity contribution is 6.36. The largest absolute Gasteiger partial charge is 0.389 e. The number of hydrogen-bond donors (Lipinski definition) is 2. The molecule has 0 radical (unpaired) electrons. The zero-order valence-corrected chi connectivity index (χ0v) is 15.3. The van der Waals surface area contributed by atoms with Crippen LogP contribution in [0.3, 0.4) is 0 Å². The molecule has 0 fully saturated rings. The molecular weight excluding hydrogens is 381 g/mol. The van der Waals surface area contributed by atoms with Crippen molar-refractivity contribution in [2.45, 2.75) is 6.42 Å². The van der Waals surface area contributed by atoms with Crippen LogP contribution in [0.4, 0.5) is 5.69 Å². The lowest BCUT2D eigenvalue weighted by Crippen LogP contribution is -2.18. The third-order valence-corrected chi connectivity index (χ3v) is 4.03. The second kappa shape index (κ2) is 9.33. The number of nitrogens with zero attached hydrogens (tertiary/aromatic N) is 1. The Hall–Kier alpha value is -2.19. The molecule has 0 aliphatic rings. The minimum atomic E-state index is -0.568. The summed E-state index contributed by atoms with van der Waals surface area (Å²) in [6.07, 6.45) is 2.08. The summed E-state index contributed by atoms with van der Waals surface area (Å²) in [6.45, 7) is 0.552. The molecule has 0 atom stereocenters. The molecule has 7 heteroatoms. The van der Waals surface area contributed by atoms with Gasteiger partial charge in [-0.3, -0.25) is 4.79 Å². The number of halogens is 3. The Balaban J connectivity index is 1.94. The van der Waals surface area contributed by atoms with Crippen molar-refractivity contribution < 1.29 is 4.79 Å². The van der Waals surface area contributed by atoms with Crippen LogP contribution in [0.1, 0.15) is 5.56 Å². The molecule has 25 heavy (non-hydrogen) atoms.